The van der Waals surface area contributed by atoms with Crippen molar-refractivity contribution in [2.45, 2.75) is 25.5 Å². The summed E-state index contributed by atoms with van der Waals surface area (Å²) in [4.78, 5) is 0. The molecule has 1 rings (SSSR count). The molecule has 1 unspecified atom stereocenters. The van der Waals surface area contributed by atoms with E-state index in [1.54, 1.807) is 18.2 Å². The zero-order valence-corrected chi connectivity index (χ0v) is 11.7. The van der Waals surface area contributed by atoms with Crippen molar-refractivity contribution in [2.24, 2.45) is 4.40 Å². The Kier molecular flexibility index (Phi) is 4.53. The van der Waals surface area contributed by atoms with Crippen LogP contribution in [0.2, 0.25) is 10.0 Å². The number of rotatable bonds is 2. The predicted octanol–water partition coefficient (Wildman–Crippen LogP) is 3.87. The zero-order chi connectivity index (χ0) is 12.3. The first-order chi connectivity index (χ1) is 7.30. The molecule has 0 bridgehead atoms. The number of nitrogens with zero attached hydrogens (tertiary/aromatic N) is 1. The first-order valence-electron chi connectivity index (χ1n) is 4.72. The molecular formula is C11H13Cl2NOS. The molecule has 0 fully saturated rings. The highest BCUT2D eigenvalue weighted by atomic mass is 35.5. The second-order valence-corrected chi connectivity index (χ2v) is 7.04. The fourth-order valence-corrected chi connectivity index (χ4v) is 1.85. The lowest BCUT2D eigenvalue weighted by atomic mass is 10.2. The minimum absolute atomic E-state index is 0.366. The summed E-state index contributed by atoms with van der Waals surface area (Å²) >= 11 is 11.7. The van der Waals surface area contributed by atoms with E-state index in [1.807, 2.05) is 20.8 Å². The molecule has 0 saturated carbocycles. The van der Waals surface area contributed by atoms with Gasteiger partial charge in [-0.2, -0.15) is 4.40 Å². The average Bonchev–Trinajstić information content (AvgIpc) is 2.14. The molecule has 0 spiro atoms. The Morgan fingerprint density at radius 3 is 2.44 bits per heavy atom. The van der Waals surface area contributed by atoms with Gasteiger partial charge in [0.2, 0.25) is 0 Å². The maximum atomic E-state index is 11.7. The lowest BCUT2D eigenvalue weighted by Crippen LogP contribution is -2.19. The molecule has 0 aromatic heterocycles. The molecule has 0 N–H and O–H groups in total. The summed E-state index contributed by atoms with van der Waals surface area (Å²) in [5.74, 6) is 0. The molecule has 1 atom stereocenters. The van der Waals surface area contributed by atoms with Gasteiger partial charge in [-0.3, -0.25) is 0 Å². The highest BCUT2D eigenvalue weighted by Crippen LogP contribution is 2.20. The van der Waals surface area contributed by atoms with E-state index in [9.17, 15) is 4.21 Å². The molecule has 1 aromatic carbocycles. The van der Waals surface area contributed by atoms with Crippen molar-refractivity contribution >= 4 is 40.4 Å². The minimum atomic E-state index is -1.27. The van der Waals surface area contributed by atoms with Crippen LogP contribution in [0.15, 0.2) is 22.6 Å². The van der Waals surface area contributed by atoms with Crippen LogP contribution in [0.3, 0.4) is 0 Å². The van der Waals surface area contributed by atoms with E-state index in [0.29, 0.717) is 15.6 Å². The van der Waals surface area contributed by atoms with Gasteiger partial charge in [0.15, 0.2) is 0 Å². The van der Waals surface area contributed by atoms with Crippen LogP contribution in [0.25, 0.3) is 0 Å². The van der Waals surface area contributed by atoms with E-state index in [1.165, 1.54) is 6.21 Å². The summed E-state index contributed by atoms with van der Waals surface area (Å²) in [6, 6.07) is 5.09. The number of benzene rings is 1. The smallest absolute Gasteiger partial charge is 0.144 e. The largest absolute Gasteiger partial charge is 0.234 e. The average molecular weight is 278 g/mol. The molecule has 88 valence electrons. The normalized spacial score (nSPS) is 14.3. The number of halogens is 2. The molecule has 0 aliphatic heterocycles. The molecular weight excluding hydrogens is 265 g/mol. The lowest BCUT2D eigenvalue weighted by Gasteiger charge is -2.12. The van der Waals surface area contributed by atoms with E-state index in [2.05, 4.69) is 4.40 Å². The lowest BCUT2D eigenvalue weighted by molar-refractivity contribution is 0.651. The first kappa shape index (κ1) is 13.7. The van der Waals surface area contributed by atoms with Crippen LogP contribution in [0, 0.1) is 0 Å². The van der Waals surface area contributed by atoms with E-state index < -0.39 is 11.0 Å². The third-order valence-electron chi connectivity index (χ3n) is 1.77. The van der Waals surface area contributed by atoms with Crippen molar-refractivity contribution in [2.75, 3.05) is 0 Å². The zero-order valence-electron chi connectivity index (χ0n) is 9.33. The third-order valence-corrected chi connectivity index (χ3v) is 3.68. The van der Waals surface area contributed by atoms with Crippen LogP contribution in [0.4, 0.5) is 0 Å². The Hall–Kier alpha value is -0.380. The van der Waals surface area contributed by atoms with Crippen LogP contribution in [-0.2, 0) is 11.0 Å². The van der Waals surface area contributed by atoms with Crippen LogP contribution in [0.5, 0.6) is 0 Å². The van der Waals surface area contributed by atoms with Gasteiger partial charge in [-0.15, -0.1) is 0 Å². The van der Waals surface area contributed by atoms with Crippen LogP contribution in [0.1, 0.15) is 26.3 Å². The summed E-state index contributed by atoms with van der Waals surface area (Å²) in [5, 5.41) is 1.07. The third kappa shape index (κ3) is 3.89. The van der Waals surface area contributed by atoms with E-state index in [-0.39, 0.29) is 4.75 Å². The van der Waals surface area contributed by atoms with Crippen molar-refractivity contribution in [3.8, 4) is 0 Å². The summed E-state index contributed by atoms with van der Waals surface area (Å²) in [6.07, 6.45) is 1.51. The Morgan fingerprint density at radius 1 is 1.31 bits per heavy atom. The van der Waals surface area contributed by atoms with Crippen molar-refractivity contribution in [1.82, 2.24) is 0 Å². The van der Waals surface area contributed by atoms with E-state index >= 15 is 0 Å². The Labute approximate surface area is 108 Å². The van der Waals surface area contributed by atoms with Crippen LogP contribution in [-0.4, -0.2) is 15.2 Å². The monoisotopic (exact) mass is 277 g/mol. The maximum Gasteiger partial charge on any atom is 0.144 e. The van der Waals surface area contributed by atoms with Gasteiger partial charge in [-0.25, -0.2) is 4.21 Å². The highest BCUT2D eigenvalue weighted by molar-refractivity contribution is 7.85. The van der Waals surface area contributed by atoms with Crippen LogP contribution >= 0.6 is 23.2 Å². The van der Waals surface area contributed by atoms with Crippen molar-refractivity contribution in [1.29, 1.82) is 0 Å². The standard InChI is InChI=1S/C11H13Cl2NOS/c1-11(2,3)16(15)14-7-8-4-5-9(12)6-10(8)13/h4-7H,1-3H3. The van der Waals surface area contributed by atoms with Crippen molar-refractivity contribution < 1.29 is 4.21 Å². The van der Waals surface area contributed by atoms with Gasteiger partial charge in [0.1, 0.15) is 11.0 Å². The molecule has 0 aliphatic carbocycles. The predicted molar refractivity (Wildman–Crippen MR) is 72.0 cm³/mol. The molecule has 0 amide bonds. The summed E-state index contributed by atoms with van der Waals surface area (Å²) in [5.41, 5.74) is 0.712. The van der Waals surface area contributed by atoms with E-state index in [0.717, 1.165) is 0 Å². The Bertz CT molecular complexity index is 438. The van der Waals surface area contributed by atoms with Crippen molar-refractivity contribution in [3.05, 3.63) is 33.8 Å². The van der Waals surface area contributed by atoms with Gasteiger partial charge >= 0.3 is 0 Å². The SMILES string of the molecule is CC(C)(C)S(=O)N=Cc1ccc(Cl)cc1Cl. The second-order valence-electron chi connectivity index (χ2n) is 4.26. The van der Waals surface area contributed by atoms with Gasteiger partial charge in [0, 0.05) is 16.8 Å². The number of hydrogen-bond donors (Lipinski definition) is 0. The van der Waals surface area contributed by atoms with Crippen molar-refractivity contribution in [3.63, 3.8) is 0 Å². The van der Waals surface area contributed by atoms with Gasteiger partial charge < -0.3 is 0 Å². The molecule has 0 heterocycles. The fourth-order valence-electron chi connectivity index (χ4n) is 0.869. The molecule has 0 saturated heterocycles. The van der Waals surface area contributed by atoms with Crippen LogP contribution < -0.4 is 0 Å². The van der Waals surface area contributed by atoms with Gasteiger partial charge in [-0.1, -0.05) is 29.3 Å². The molecule has 1 aromatic rings. The van der Waals surface area contributed by atoms with Gasteiger partial charge in [0.25, 0.3) is 0 Å². The minimum Gasteiger partial charge on any atom is -0.234 e. The molecule has 5 heteroatoms. The topological polar surface area (TPSA) is 29.4 Å². The first-order valence-corrected chi connectivity index (χ1v) is 6.58. The van der Waals surface area contributed by atoms with Gasteiger partial charge in [0.05, 0.1) is 9.77 Å². The maximum absolute atomic E-state index is 11.7. The number of hydrogen-bond acceptors (Lipinski definition) is 1. The summed E-state index contributed by atoms with van der Waals surface area (Å²) in [7, 11) is -1.27. The summed E-state index contributed by atoms with van der Waals surface area (Å²) < 4.78 is 15.3. The molecule has 2 nitrogen and oxygen atoms in total. The molecule has 0 radical (unpaired) electrons. The Morgan fingerprint density at radius 2 is 1.94 bits per heavy atom. The molecule has 16 heavy (non-hydrogen) atoms. The molecule has 0 aliphatic rings. The second kappa shape index (κ2) is 5.30. The highest BCUT2D eigenvalue weighted by Gasteiger charge is 2.18. The van der Waals surface area contributed by atoms with E-state index in [4.69, 9.17) is 23.2 Å². The summed E-state index contributed by atoms with van der Waals surface area (Å²) in [6.45, 7) is 5.59. The quantitative estimate of drug-likeness (QED) is 0.755. The van der Waals surface area contributed by atoms with Gasteiger partial charge in [-0.05, 0) is 32.9 Å². The Balaban J connectivity index is 2.89. The fraction of sp³-hybridized carbons (Fsp3) is 0.364.